The lowest BCUT2D eigenvalue weighted by Gasteiger charge is -2.40. The van der Waals surface area contributed by atoms with E-state index in [1.807, 2.05) is 0 Å². The summed E-state index contributed by atoms with van der Waals surface area (Å²) in [4.78, 5) is 11.0. The summed E-state index contributed by atoms with van der Waals surface area (Å²) >= 11 is 6.01. The smallest absolute Gasteiger partial charge is 0.337 e. The van der Waals surface area contributed by atoms with E-state index in [2.05, 4.69) is 19.2 Å². The molecule has 1 fully saturated rings. The highest BCUT2D eigenvalue weighted by Gasteiger charge is 2.34. The van der Waals surface area contributed by atoms with Crippen molar-refractivity contribution in [3.8, 4) is 0 Å². The Bertz CT molecular complexity index is 514. The quantitative estimate of drug-likeness (QED) is 0.856. The van der Waals surface area contributed by atoms with Gasteiger partial charge in [0.1, 0.15) is 0 Å². The number of rotatable bonds is 5. The van der Waals surface area contributed by atoms with Gasteiger partial charge >= 0.3 is 5.97 Å². The first-order valence-electron chi connectivity index (χ1n) is 7.43. The number of hydrogen-bond donors (Lipinski definition) is 2. The van der Waals surface area contributed by atoms with Crippen LogP contribution in [0.3, 0.4) is 0 Å². The van der Waals surface area contributed by atoms with Crippen LogP contribution in [0.2, 0.25) is 5.02 Å². The van der Waals surface area contributed by atoms with Crippen LogP contribution < -0.4 is 5.32 Å². The average Bonchev–Trinajstić information content (AvgIpc) is 2.47. The Morgan fingerprint density at radius 1 is 1.48 bits per heavy atom. The molecule has 1 saturated heterocycles. The van der Waals surface area contributed by atoms with Crippen molar-refractivity contribution in [1.29, 1.82) is 0 Å². The molecule has 1 aromatic rings. The molecule has 1 aliphatic rings. The van der Waals surface area contributed by atoms with Crippen LogP contribution in [0.1, 0.15) is 49.9 Å². The Morgan fingerprint density at radius 3 is 2.76 bits per heavy atom. The third kappa shape index (κ3) is 3.69. The molecular weight excluding hydrogens is 290 g/mol. The van der Waals surface area contributed by atoms with E-state index in [1.165, 1.54) is 0 Å². The van der Waals surface area contributed by atoms with Crippen molar-refractivity contribution in [1.82, 2.24) is 0 Å². The van der Waals surface area contributed by atoms with Crippen molar-refractivity contribution in [2.75, 3.05) is 11.9 Å². The van der Waals surface area contributed by atoms with Crippen molar-refractivity contribution in [2.24, 2.45) is 0 Å². The van der Waals surface area contributed by atoms with Gasteiger partial charge in [0.15, 0.2) is 0 Å². The molecular formula is C16H22ClNO3. The molecule has 1 unspecified atom stereocenters. The molecule has 0 aliphatic carbocycles. The normalized spacial score (nSPS) is 21.0. The van der Waals surface area contributed by atoms with Crippen LogP contribution >= 0.6 is 11.6 Å². The van der Waals surface area contributed by atoms with E-state index in [1.54, 1.807) is 18.2 Å². The number of aromatic carboxylic acids is 1. The third-order valence-electron chi connectivity index (χ3n) is 4.35. The third-order valence-corrected chi connectivity index (χ3v) is 4.66. The Labute approximate surface area is 130 Å². The standard InChI is InChI=1S/C16H22ClNO3/c1-3-16(4-2)10-12(7-8-21-16)18-11-5-6-13(15(19)20)14(17)9-11/h5-6,9,12,18H,3-4,7-8,10H2,1-2H3,(H,19,20). The lowest BCUT2D eigenvalue weighted by molar-refractivity contribution is -0.0864. The molecule has 0 saturated carbocycles. The van der Waals surface area contributed by atoms with Crippen LogP contribution in [0.15, 0.2) is 18.2 Å². The van der Waals surface area contributed by atoms with E-state index < -0.39 is 5.97 Å². The van der Waals surface area contributed by atoms with Gasteiger partial charge in [-0.3, -0.25) is 0 Å². The largest absolute Gasteiger partial charge is 0.478 e. The lowest BCUT2D eigenvalue weighted by Crippen LogP contribution is -2.43. The van der Waals surface area contributed by atoms with Gasteiger partial charge in [-0.05, 0) is 43.9 Å². The Hall–Kier alpha value is -1.26. The molecule has 4 nitrogen and oxygen atoms in total. The molecule has 1 atom stereocenters. The summed E-state index contributed by atoms with van der Waals surface area (Å²) in [6.45, 7) is 5.06. The summed E-state index contributed by atoms with van der Waals surface area (Å²) < 4.78 is 5.96. The molecule has 2 N–H and O–H groups in total. The maximum absolute atomic E-state index is 11.0. The van der Waals surface area contributed by atoms with Crippen molar-refractivity contribution in [3.05, 3.63) is 28.8 Å². The number of carboxylic acids is 1. The van der Waals surface area contributed by atoms with Crippen LogP contribution in [0.4, 0.5) is 5.69 Å². The van der Waals surface area contributed by atoms with Crippen molar-refractivity contribution >= 4 is 23.3 Å². The number of nitrogens with one attached hydrogen (secondary N) is 1. The summed E-state index contributed by atoms with van der Waals surface area (Å²) in [7, 11) is 0. The Balaban J connectivity index is 2.08. The predicted octanol–water partition coefficient (Wildman–Crippen LogP) is 4.19. The highest BCUT2D eigenvalue weighted by Crippen LogP contribution is 2.33. The number of halogens is 1. The van der Waals surface area contributed by atoms with E-state index in [0.29, 0.717) is 6.04 Å². The molecule has 0 radical (unpaired) electrons. The molecule has 1 aliphatic heterocycles. The fraction of sp³-hybridized carbons (Fsp3) is 0.562. The van der Waals surface area contributed by atoms with Crippen LogP contribution in [-0.2, 0) is 4.74 Å². The number of hydrogen-bond acceptors (Lipinski definition) is 3. The second-order valence-corrected chi connectivity index (χ2v) is 5.98. The maximum Gasteiger partial charge on any atom is 0.337 e. The van der Waals surface area contributed by atoms with Crippen LogP contribution in [-0.4, -0.2) is 29.3 Å². The summed E-state index contributed by atoms with van der Waals surface area (Å²) in [5.41, 5.74) is 0.949. The second kappa shape index (κ2) is 6.67. The van der Waals surface area contributed by atoms with E-state index in [-0.39, 0.29) is 16.2 Å². The highest BCUT2D eigenvalue weighted by molar-refractivity contribution is 6.33. The van der Waals surface area contributed by atoms with Gasteiger partial charge in [-0.25, -0.2) is 4.79 Å². The zero-order chi connectivity index (χ0) is 15.5. The van der Waals surface area contributed by atoms with Gasteiger partial charge in [0.05, 0.1) is 16.2 Å². The maximum atomic E-state index is 11.0. The SMILES string of the molecule is CCC1(CC)CC(Nc2ccc(C(=O)O)c(Cl)c2)CCO1. The monoisotopic (exact) mass is 311 g/mol. The lowest BCUT2D eigenvalue weighted by atomic mass is 9.86. The van der Waals surface area contributed by atoms with E-state index in [4.69, 9.17) is 21.4 Å². The van der Waals surface area contributed by atoms with Gasteiger partial charge in [0, 0.05) is 18.3 Å². The predicted molar refractivity (Wildman–Crippen MR) is 84.3 cm³/mol. The number of benzene rings is 1. The van der Waals surface area contributed by atoms with Gasteiger partial charge in [-0.15, -0.1) is 0 Å². The topological polar surface area (TPSA) is 58.6 Å². The zero-order valence-corrected chi connectivity index (χ0v) is 13.2. The first-order chi connectivity index (χ1) is 9.99. The fourth-order valence-electron chi connectivity index (χ4n) is 2.91. The molecule has 1 aromatic carbocycles. The van der Waals surface area contributed by atoms with Crippen molar-refractivity contribution in [3.63, 3.8) is 0 Å². The zero-order valence-electron chi connectivity index (χ0n) is 12.5. The van der Waals surface area contributed by atoms with Gasteiger partial charge in [0.2, 0.25) is 0 Å². The highest BCUT2D eigenvalue weighted by atomic mass is 35.5. The number of carbonyl (C=O) groups is 1. The Kier molecular flexibility index (Phi) is 5.12. The Morgan fingerprint density at radius 2 is 2.19 bits per heavy atom. The number of anilines is 1. The number of ether oxygens (including phenoxy) is 1. The van der Waals surface area contributed by atoms with E-state index in [9.17, 15) is 4.79 Å². The minimum absolute atomic E-state index is 0.0410. The molecule has 5 heteroatoms. The molecule has 0 spiro atoms. The average molecular weight is 312 g/mol. The number of carboxylic acid groups (broad SMARTS) is 1. The second-order valence-electron chi connectivity index (χ2n) is 5.57. The molecule has 2 rings (SSSR count). The minimum Gasteiger partial charge on any atom is -0.478 e. The van der Waals surface area contributed by atoms with Crippen LogP contribution in [0, 0.1) is 0 Å². The molecule has 21 heavy (non-hydrogen) atoms. The minimum atomic E-state index is -1.01. The molecule has 116 valence electrons. The van der Waals surface area contributed by atoms with E-state index >= 15 is 0 Å². The van der Waals surface area contributed by atoms with Gasteiger partial charge < -0.3 is 15.2 Å². The van der Waals surface area contributed by atoms with Crippen LogP contribution in [0.25, 0.3) is 0 Å². The molecule has 0 amide bonds. The summed E-state index contributed by atoms with van der Waals surface area (Å²) in [6.07, 6.45) is 3.90. The summed E-state index contributed by atoms with van der Waals surface area (Å²) in [6, 6.07) is 5.31. The van der Waals surface area contributed by atoms with Crippen molar-refractivity contribution in [2.45, 2.75) is 51.2 Å². The summed E-state index contributed by atoms with van der Waals surface area (Å²) in [5.74, 6) is -1.01. The van der Waals surface area contributed by atoms with E-state index in [0.717, 1.165) is 38.0 Å². The first kappa shape index (κ1) is 16.1. The van der Waals surface area contributed by atoms with Crippen LogP contribution in [0.5, 0.6) is 0 Å². The van der Waals surface area contributed by atoms with Gasteiger partial charge in [0.25, 0.3) is 0 Å². The summed E-state index contributed by atoms with van der Waals surface area (Å²) in [5, 5.41) is 12.7. The van der Waals surface area contributed by atoms with Crippen molar-refractivity contribution < 1.29 is 14.6 Å². The van der Waals surface area contributed by atoms with Gasteiger partial charge in [-0.2, -0.15) is 0 Å². The fourth-order valence-corrected chi connectivity index (χ4v) is 3.17. The molecule has 0 aromatic heterocycles. The van der Waals surface area contributed by atoms with Gasteiger partial charge in [-0.1, -0.05) is 25.4 Å². The first-order valence-corrected chi connectivity index (χ1v) is 7.81. The molecule has 0 bridgehead atoms. The molecule has 1 heterocycles.